The molecule has 6 heteroatoms. The second-order valence-corrected chi connectivity index (χ2v) is 7.37. The third-order valence-electron chi connectivity index (χ3n) is 5.13. The fourth-order valence-corrected chi connectivity index (χ4v) is 3.59. The molecule has 6 nitrogen and oxygen atoms in total. The van der Waals surface area contributed by atoms with Crippen LogP contribution in [0.2, 0.25) is 0 Å². The molecule has 0 atom stereocenters. The van der Waals surface area contributed by atoms with Gasteiger partial charge in [-0.1, -0.05) is 30.3 Å². The summed E-state index contributed by atoms with van der Waals surface area (Å²) in [6.07, 6.45) is 5.10. The number of amides is 1. The summed E-state index contributed by atoms with van der Waals surface area (Å²) in [7, 11) is 0. The second kappa shape index (κ2) is 10.5. The highest BCUT2D eigenvalue weighted by Crippen LogP contribution is 2.18. The van der Waals surface area contributed by atoms with Crippen LogP contribution < -0.4 is 10.1 Å². The van der Waals surface area contributed by atoms with Crippen LogP contribution in [0.1, 0.15) is 35.6 Å². The number of unbranched alkanes of at least 4 members (excludes halogenated alkanes) is 1. The fourth-order valence-electron chi connectivity index (χ4n) is 3.59. The van der Waals surface area contributed by atoms with Gasteiger partial charge in [0.2, 0.25) is 0 Å². The van der Waals surface area contributed by atoms with Crippen LogP contribution in [0, 0.1) is 0 Å². The Bertz CT molecular complexity index is 1090. The van der Waals surface area contributed by atoms with Crippen LogP contribution in [-0.2, 0) is 13.0 Å². The first kappa shape index (κ1) is 20.7. The number of fused-ring (bicyclic) bond motifs is 1. The van der Waals surface area contributed by atoms with Crippen molar-refractivity contribution in [2.24, 2.45) is 0 Å². The van der Waals surface area contributed by atoms with E-state index in [0.717, 1.165) is 54.8 Å². The minimum Gasteiger partial charge on any atom is -0.494 e. The van der Waals surface area contributed by atoms with Gasteiger partial charge in [-0.05, 0) is 55.7 Å². The van der Waals surface area contributed by atoms with Crippen LogP contribution in [0.25, 0.3) is 11.0 Å². The van der Waals surface area contributed by atoms with Gasteiger partial charge in [-0.3, -0.25) is 4.79 Å². The molecule has 0 spiro atoms. The summed E-state index contributed by atoms with van der Waals surface area (Å²) in [5.41, 5.74) is 2.17. The van der Waals surface area contributed by atoms with Crippen molar-refractivity contribution in [3.8, 4) is 5.75 Å². The number of aromatic nitrogens is 2. The van der Waals surface area contributed by atoms with Crippen molar-refractivity contribution < 1.29 is 13.9 Å². The summed E-state index contributed by atoms with van der Waals surface area (Å²) >= 11 is 0. The molecule has 31 heavy (non-hydrogen) atoms. The summed E-state index contributed by atoms with van der Waals surface area (Å²) in [6, 6.07) is 21.5. The van der Waals surface area contributed by atoms with E-state index in [-0.39, 0.29) is 5.91 Å². The van der Waals surface area contributed by atoms with E-state index < -0.39 is 0 Å². The summed E-state index contributed by atoms with van der Waals surface area (Å²) in [5.74, 6) is 2.12. The van der Waals surface area contributed by atoms with Crippen molar-refractivity contribution in [2.45, 2.75) is 32.2 Å². The van der Waals surface area contributed by atoms with E-state index in [0.29, 0.717) is 18.9 Å². The van der Waals surface area contributed by atoms with Gasteiger partial charge in [0.1, 0.15) is 11.6 Å². The maximum absolute atomic E-state index is 12.0. The first-order valence-electron chi connectivity index (χ1n) is 10.7. The molecule has 1 amide bonds. The number of imidazole rings is 1. The van der Waals surface area contributed by atoms with E-state index in [1.807, 2.05) is 48.5 Å². The Morgan fingerprint density at radius 3 is 2.65 bits per heavy atom. The molecule has 2 heterocycles. The van der Waals surface area contributed by atoms with Crippen LogP contribution in [-0.4, -0.2) is 28.6 Å². The predicted molar refractivity (Wildman–Crippen MR) is 120 cm³/mol. The number of carbonyl (C=O) groups is 1. The zero-order valence-corrected chi connectivity index (χ0v) is 17.5. The number of benzene rings is 2. The molecule has 160 valence electrons. The topological polar surface area (TPSA) is 69.3 Å². The monoisotopic (exact) mass is 417 g/mol. The zero-order chi connectivity index (χ0) is 21.3. The maximum Gasteiger partial charge on any atom is 0.286 e. The number of nitrogens with zero attached hydrogens (tertiary/aromatic N) is 2. The Morgan fingerprint density at radius 2 is 1.81 bits per heavy atom. The van der Waals surface area contributed by atoms with E-state index in [2.05, 4.69) is 16.0 Å². The van der Waals surface area contributed by atoms with E-state index >= 15 is 0 Å². The molecule has 0 unspecified atom stereocenters. The van der Waals surface area contributed by atoms with Gasteiger partial charge in [-0.15, -0.1) is 0 Å². The standard InChI is InChI=1S/C25H27N3O3/c29-25(23-14-9-19-31-23)26-16-8-15-24-27-21-12-4-5-13-22(21)28(24)17-6-7-18-30-20-10-2-1-3-11-20/h1-5,9-14,19H,6-8,15-18H2,(H,26,29). The lowest BCUT2D eigenvalue weighted by Crippen LogP contribution is -2.24. The smallest absolute Gasteiger partial charge is 0.286 e. The third kappa shape index (κ3) is 5.54. The number of ether oxygens (including phenoxy) is 1. The number of carbonyl (C=O) groups excluding carboxylic acids is 1. The molecular weight excluding hydrogens is 390 g/mol. The Labute approximate surface area is 181 Å². The van der Waals surface area contributed by atoms with Gasteiger partial charge in [0.15, 0.2) is 5.76 Å². The molecule has 0 aliphatic rings. The summed E-state index contributed by atoms with van der Waals surface area (Å²) in [6.45, 7) is 2.17. The summed E-state index contributed by atoms with van der Waals surface area (Å²) < 4.78 is 13.2. The van der Waals surface area contributed by atoms with Gasteiger partial charge < -0.3 is 19.0 Å². The van der Waals surface area contributed by atoms with Gasteiger partial charge in [0.25, 0.3) is 5.91 Å². The van der Waals surface area contributed by atoms with Gasteiger partial charge in [0, 0.05) is 19.5 Å². The van der Waals surface area contributed by atoms with Crippen LogP contribution in [0.5, 0.6) is 5.75 Å². The quantitative estimate of drug-likeness (QED) is 0.354. The molecule has 4 aromatic rings. The Balaban J connectivity index is 1.29. The third-order valence-corrected chi connectivity index (χ3v) is 5.13. The van der Waals surface area contributed by atoms with Gasteiger partial charge in [0.05, 0.1) is 23.9 Å². The summed E-state index contributed by atoms with van der Waals surface area (Å²) in [4.78, 5) is 16.8. The fraction of sp³-hybridized carbons (Fsp3) is 0.280. The lowest BCUT2D eigenvalue weighted by molar-refractivity contribution is 0.0925. The average Bonchev–Trinajstić information content (AvgIpc) is 3.46. The van der Waals surface area contributed by atoms with Crippen molar-refractivity contribution in [3.05, 3.63) is 84.6 Å². The Morgan fingerprint density at radius 1 is 0.968 bits per heavy atom. The van der Waals surface area contributed by atoms with Crippen LogP contribution in [0.4, 0.5) is 0 Å². The van der Waals surface area contributed by atoms with Crippen molar-refractivity contribution in [2.75, 3.05) is 13.2 Å². The number of rotatable bonds is 11. The molecule has 2 aromatic carbocycles. The number of nitrogens with one attached hydrogen (secondary N) is 1. The molecule has 0 aliphatic heterocycles. The van der Waals surface area contributed by atoms with E-state index in [1.165, 1.54) is 6.26 Å². The highest BCUT2D eigenvalue weighted by molar-refractivity contribution is 5.91. The Hall–Kier alpha value is -3.54. The number of hydrogen-bond donors (Lipinski definition) is 1. The van der Waals surface area contributed by atoms with Gasteiger partial charge in [-0.25, -0.2) is 4.98 Å². The molecule has 1 N–H and O–H groups in total. The van der Waals surface area contributed by atoms with Crippen molar-refractivity contribution in [1.82, 2.24) is 14.9 Å². The van der Waals surface area contributed by atoms with Gasteiger partial charge >= 0.3 is 0 Å². The SMILES string of the molecule is O=C(NCCCc1nc2ccccc2n1CCCCOc1ccccc1)c1ccco1. The molecule has 2 aromatic heterocycles. The van der Waals surface area contributed by atoms with Crippen LogP contribution in [0.15, 0.2) is 77.4 Å². The molecule has 0 bridgehead atoms. The minimum absolute atomic E-state index is 0.183. The average molecular weight is 418 g/mol. The molecule has 4 rings (SSSR count). The van der Waals surface area contributed by atoms with Gasteiger partial charge in [-0.2, -0.15) is 0 Å². The van der Waals surface area contributed by atoms with Crippen LogP contribution >= 0.6 is 0 Å². The molecule has 0 radical (unpaired) electrons. The maximum atomic E-state index is 12.0. The molecular formula is C25H27N3O3. The summed E-state index contributed by atoms with van der Waals surface area (Å²) in [5, 5.41) is 2.90. The van der Waals surface area contributed by atoms with Crippen LogP contribution in [0.3, 0.4) is 0 Å². The van der Waals surface area contributed by atoms with Crippen molar-refractivity contribution in [3.63, 3.8) is 0 Å². The first-order valence-corrected chi connectivity index (χ1v) is 10.7. The second-order valence-electron chi connectivity index (χ2n) is 7.37. The number of hydrogen-bond acceptors (Lipinski definition) is 4. The Kier molecular flexibility index (Phi) is 7.00. The minimum atomic E-state index is -0.183. The normalized spacial score (nSPS) is 11.0. The first-order chi connectivity index (χ1) is 15.3. The molecule has 0 saturated heterocycles. The lowest BCUT2D eigenvalue weighted by atomic mass is 10.2. The lowest BCUT2D eigenvalue weighted by Gasteiger charge is -2.10. The predicted octanol–water partition coefficient (Wildman–Crippen LogP) is 4.85. The number of aryl methyl sites for hydroxylation is 2. The number of para-hydroxylation sites is 3. The highest BCUT2D eigenvalue weighted by atomic mass is 16.5. The molecule has 0 saturated carbocycles. The van der Waals surface area contributed by atoms with E-state index in [1.54, 1.807) is 12.1 Å². The van der Waals surface area contributed by atoms with E-state index in [9.17, 15) is 4.79 Å². The zero-order valence-electron chi connectivity index (χ0n) is 17.5. The van der Waals surface area contributed by atoms with Crippen molar-refractivity contribution >= 4 is 16.9 Å². The molecule has 0 aliphatic carbocycles. The van der Waals surface area contributed by atoms with E-state index in [4.69, 9.17) is 14.1 Å². The highest BCUT2D eigenvalue weighted by Gasteiger charge is 2.11. The van der Waals surface area contributed by atoms with Crippen molar-refractivity contribution in [1.29, 1.82) is 0 Å². The number of furan rings is 1. The molecule has 0 fully saturated rings. The largest absolute Gasteiger partial charge is 0.494 e.